The molecule has 1 saturated heterocycles. The molecule has 2 N–H and O–H groups in total. The zero-order valence-corrected chi connectivity index (χ0v) is 20.1. The van der Waals surface area contributed by atoms with Gasteiger partial charge in [0.25, 0.3) is 11.8 Å². The number of hydrazine groups is 1. The molecule has 0 radical (unpaired) electrons. The van der Waals surface area contributed by atoms with E-state index in [1.165, 1.54) is 11.1 Å². The zero-order chi connectivity index (χ0) is 25.4. The monoisotopic (exact) mass is 482 g/mol. The largest absolute Gasteiger partial charge is 0.493 e. The van der Waals surface area contributed by atoms with Crippen LogP contribution in [-0.2, 0) is 19.1 Å². The van der Waals surface area contributed by atoms with Crippen molar-refractivity contribution in [2.24, 2.45) is 0 Å². The van der Waals surface area contributed by atoms with Gasteiger partial charge < -0.3 is 19.3 Å². The molecule has 0 saturated carbocycles. The second-order valence-electron chi connectivity index (χ2n) is 7.90. The lowest BCUT2D eigenvalue weighted by molar-refractivity contribution is -0.145. The molecule has 2 amide bonds. The summed E-state index contributed by atoms with van der Waals surface area (Å²) < 4.78 is 16.5. The van der Waals surface area contributed by atoms with Gasteiger partial charge in [0.1, 0.15) is 23.7 Å². The average molecular weight is 483 g/mol. The number of nitrogens with one attached hydrogen (secondary N) is 1. The number of hydrogen-bond donors (Lipinski definition) is 2. The standard InChI is InChI=1S/C26H30N2O7/c1-4-13-34-22-12-11-18(24(17(22)3)35-16-20(29)15-23(30)33-5-2)14-21-25(31)27-28(26(21)32)19-9-7-6-8-10-19/h6-12,14,20,29H,4-5,13,15-16H2,1-3H3,(H,27,31)/b21-14+/t20-/m1/s1. The molecule has 0 aromatic heterocycles. The van der Waals surface area contributed by atoms with Gasteiger partial charge in [0, 0.05) is 11.1 Å². The molecule has 0 bridgehead atoms. The first-order valence-electron chi connectivity index (χ1n) is 11.5. The van der Waals surface area contributed by atoms with E-state index in [9.17, 15) is 19.5 Å². The van der Waals surface area contributed by atoms with Gasteiger partial charge in [-0.1, -0.05) is 25.1 Å². The molecular formula is C26H30N2O7. The summed E-state index contributed by atoms with van der Waals surface area (Å²) in [7, 11) is 0. The van der Waals surface area contributed by atoms with E-state index in [1.807, 2.05) is 13.0 Å². The maximum atomic E-state index is 13.0. The van der Waals surface area contributed by atoms with Crippen LogP contribution in [0.3, 0.4) is 0 Å². The number of aliphatic hydroxyl groups is 1. The van der Waals surface area contributed by atoms with Crippen LogP contribution in [0.5, 0.6) is 11.5 Å². The molecule has 9 heteroatoms. The number of carbonyl (C=O) groups excluding carboxylic acids is 3. The Hall–Kier alpha value is -3.85. The van der Waals surface area contributed by atoms with Crippen molar-refractivity contribution in [2.45, 2.75) is 39.7 Å². The van der Waals surface area contributed by atoms with E-state index in [2.05, 4.69) is 5.43 Å². The highest BCUT2D eigenvalue weighted by molar-refractivity contribution is 6.31. The quantitative estimate of drug-likeness (QED) is 0.288. The average Bonchev–Trinajstić information content (AvgIpc) is 3.12. The summed E-state index contributed by atoms with van der Waals surface area (Å²) >= 11 is 0. The molecule has 1 atom stereocenters. The smallest absolute Gasteiger partial charge is 0.308 e. The SMILES string of the molecule is CCCOc1ccc(/C=C2\C(=O)NN(c3ccccc3)C2=O)c(OC[C@H](O)CC(=O)OCC)c1C. The third kappa shape index (κ3) is 6.39. The number of hydrogen-bond acceptors (Lipinski definition) is 7. The topological polar surface area (TPSA) is 114 Å². The van der Waals surface area contributed by atoms with Crippen LogP contribution in [0.4, 0.5) is 5.69 Å². The van der Waals surface area contributed by atoms with Crippen molar-refractivity contribution in [1.29, 1.82) is 0 Å². The van der Waals surface area contributed by atoms with Crippen molar-refractivity contribution in [3.63, 3.8) is 0 Å². The molecule has 1 aliphatic rings. The van der Waals surface area contributed by atoms with Gasteiger partial charge in [0.2, 0.25) is 0 Å². The predicted molar refractivity (Wildman–Crippen MR) is 130 cm³/mol. The Bertz CT molecular complexity index is 1100. The highest BCUT2D eigenvalue weighted by atomic mass is 16.5. The number of para-hydroxylation sites is 1. The second-order valence-corrected chi connectivity index (χ2v) is 7.90. The number of aliphatic hydroxyl groups excluding tert-OH is 1. The van der Waals surface area contributed by atoms with Gasteiger partial charge in [-0.2, -0.15) is 0 Å². The van der Waals surface area contributed by atoms with Gasteiger partial charge in [0.05, 0.1) is 31.4 Å². The molecular weight excluding hydrogens is 452 g/mol. The maximum Gasteiger partial charge on any atom is 0.308 e. The molecule has 9 nitrogen and oxygen atoms in total. The Kier molecular flexibility index (Phi) is 8.86. The van der Waals surface area contributed by atoms with Gasteiger partial charge in [-0.3, -0.25) is 19.8 Å². The molecule has 35 heavy (non-hydrogen) atoms. The molecule has 2 aromatic carbocycles. The first-order chi connectivity index (χ1) is 16.8. The van der Waals surface area contributed by atoms with Gasteiger partial charge in [0.15, 0.2) is 0 Å². The number of rotatable bonds is 11. The van der Waals surface area contributed by atoms with E-state index in [0.29, 0.717) is 34.9 Å². The number of benzene rings is 2. The molecule has 0 aliphatic carbocycles. The van der Waals surface area contributed by atoms with E-state index in [4.69, 9.17) is 14.2 Å². The van der Waals surface area contributed by atoms with Crippen molar-refractivity contribution in [3.8, 4) is 11.5 Å². The lowest BCUT2D eigenvalue weighted by Gasteiger charge is -2.18. The normalized spacial score (nSPS) is 15.2. The molecule has 2 aromatic rings. The van der Waals surface area contributed by atoms with Gasteiger partial charge in [-0.15, -0.1) is 0 Å². The Morgan fingerprint density at radius 1 is 1.11 bits per heavy atom. The number of carbonyl (C=O) groups is 3. The van der Waals surface area contributed by atoms with Crippen molar-refractivity contribution < 1.29 is 33.7 Å². The van der Waals surface area contributed by atoms with Crippen molar-refractivity contribution in [3.05, 3.63) is 59.2 Å². The fourth-order valence-electron chi connectivity index (χ4n) is 3.49. The van der Waals surface area contributed by atoms with Crippen molar-refractivity contribution >= 4 is 29.5 Å². The van der Waals surface area contributed by atoms with Gasteiger partial charge >= 0.3 is 5.97 Å². The maximum absolute atomic E-state index is 13.0. The van der Waals surface area contributed by atoms with Gasteiger partial charge in [-0.25, -0.2) is 5.01 Å². The van der Waals surface area contributed by atoms with E-state index in [0.717, 1.165) is 6.42 Å². The molecule has 0 unspecified atom stereocenters. The molecule has 1 heterocycles. The Morgan fingerprint density at radius 3 is 2.54 bits per heavy atom. The van der Waals surface area contributed by atoms with E-state index in [-0.39, 0.29) is 25.2 Å². The first kappa shape index (κ1) is 25.8. The number of ether oxygens (including phenoxy) is 3. The summed E-state index contributed by atoms with van der Waals surface area (Å²) in [5.41, 5.74) is 4.14. The van der Waals surface area contributed by atoms with Crippen LogP contribution >= 0.6 is 0 Å². The van der Waals surface area contributed by atoms with E-state index >= 15 is 0 Å². The van der Waals surface area contributed by atoms with Crippen LogP contribution in [0.15, 0.2) is 48.0 Å². The Balaban J connectivity index is 1.89. The molecule has 186 valence electrons. The number of anilines is 1. The molecule has 1 fully saturated rings. The highest BCUT2D eigenvalue weighted by Crippen LogP contribution is 2.34. The van der Waals surface area contributed by atoms with Crippen molar-refractivity contribution in [1.82, 2.24) is 5.43 Å². The second kappa shape index (κ2) is 12.0. The van der Waals surface area contributed by atoms with Crippen LogP contribution in [-0.4, -0.2) is 48.8 Å². The fourth-order valence-corrected chi connectivity index (χ4v) is 3.49. The first-order valence-corrected chi connectivity index (χ1v) is 11.5. The Morgan fingerprint density at radius 2 is 1.86 bits per heavy atom. The third-order valence-electron chi connectivity index (χ3n) is 5.18. The third-order valence-corrected chi connectivity index (χ3v) is 5.18. The van der Waals surface area contributed by atoms with Crippen LogP contribution < -0.4 is 19.9 Å². The lowest BCUT2D eigenvalue weighted by Crippen LogP contribution is -2.35. The van der Waals surface area contributed by atoms with Crippen LogP contribution in [0.2, 0.25) is 0 Å². The summed E-state index contributed by atoms with van der Waals surface area (Å²) in [5.74, 6) is -0.656. The van der Waals surface area contributed by atoms with E-state index < -0.39 is 23.9 Å². The molecule has 3 rings (SSSR count). The molecule has 1 aliphatic heterocycles. The van der Waals surface area contributed by atoms with Gasteiger partial charge in [-0.05, 0) is 50.6 Å². The summed E-state index contributed by atoms with van der Waals surface area (Å²) in [5, 5.41) is 11.4. The molecule has 0 spiro atoms. The number of nitrogens with zero attached hydrogens (tertiary/aromatic N) is 1. The van der Waals surface area contributed by atoms with E-state index in [1.54, 1.807) is 50.2 Å². The summed E-state index contributed by atoms with van der Waals surface area (Å²) in [6.07, 6.45) is 0.940. The van der Waals surface area contributed by atoms with Crippen LogP contribution in [0.1, 0.15) is 37.8 Å². The highest BCUT2D eigenvalue weighted by Gasteiger charge is 2.34. The summed E-state index contributed by atoms with van der Waals surface area (Å²) in [6.45, 7) is 5.98. The lowest BCUT2D eigenvalue weighted by atomic mass is 10.0. The number of amides is 2. The fraction of sp³-hybridized carbons (Fsp3) is 0.346. The van der Waals surface area contributed by atoms with Crippen LogP contribution in [0.25, 0.3) is 6.08 Å². The number of esters is 1. The zero-order valence-electron chi connectivity index (χ0n) is 20.1. The summed E-state index contributed by atoms with van der Waals surface area (Å²) in [6, 6.07) is 12.2. The van der Waals surface area contributed by atoms with Crippen LogP contribution in [0, 0.1) is 6.92 Å². The van der Waals surface area contributed by atoms with Crippen molar-refractivity contribution in [2.75, 3.05) is 24.8 Å². The minimum absolute atomic E-state index is 0.0626. The predicted octanol–water partition coefficient (Wildman–Crippen LogP) is 2.94. The minimum Gasteiger partial charge on any atom is -0.493 e. The minimum atomic E-state index is -1.10. The summed E-state index contributed by atoms with van der Waals surface area (Å²) in [4.78, 5) is 37.3. The Labute approximate surface area is 204 Å².